The molecular formula is C4H9IN2. The lowest BCUT2D eigenvalue weighted by molar-refractivity contribution is 0.849. The first-order chi connectivity index (χ1) is 3.41. The van der Waals surface area contributed by atoms with Crippen LogP contribution < -0.4 is 5.73 Å². The number of nitrogens with two attached hydrogens (primary N) is 1. The Kier molecular flexibility index (Phi) is 6.69. The summed E-state index contributed by atoms with van der Waals surface area (Å²) in [6.07, 6.45) is 1.000. The Hall–Kier alpha value is 0.360. The Balaban J connectivity index is 2.69. The van der Waals surface area contributed by atoms with Crippen LogP contribution >= 0.6 is 22.6 Å². The van der Waals surface area contributed by atoms with Crippen molar-refractivity contribution in [2.24, 2.45) is 10.7 Å². The van der Waals surface area contributed by atoms with Crippen molar-refractivity contribution >= 4 is 26.8 Å². The summed E-state index contributed by atoms with van der Waals surface area (Å²) in [5, 5.41) is 0. The molecule has 0 radical (unpaired) electrons. The molecule has 0 aliphatic carbocycles. The predicted molar refractivity (Wildman–Crippen MR) is 41.1 cm³/mol. The highest BCUT2D eigenvalue weighted by Crippen LogP contribution is 1.77. The molecule has 0 aromatic heterocycles. The molecule has 0 amide bonds. The van der Waals surface area contributed by atoms with Gasteiger partial charge in [0, 0.05) is 6.54 Å². The second-order valence-corrected chi connectivity index (χ2v) is 1.70. The van der Waals surface area contributed by atoms with E-state index < -0.39 is 0 Å². The number of nitrogens with zero attached hydrogens (tertiary/aromatic N) is 1. The van der Waals surface area contributed by atoms with Gasteiger partial charge >= 0.3 is 0 Å². The van der Waals surface area contributed by atoms with Gasteiger partial charge in [-0.05, 0) is 35.6 Å². The normalized spacial score (nSPS) is 10.6. The van der Waals surface area contributed by atoms with Crippen LogP contribution in [0, 0.1) is 0 Å². The van der Waals surface area contributed by atoms with E-state index in [1.54, 1.807) is 4.22 Å². The molecule has 0 unspecified atom stereocenters. The fraction of sp³-hybridized carbons (Fsp3) is 0.750. The van der Waals surface area contributed by atoms with E-state index in [4.69, 9.17) is 5.73 Å². The molecule has 7 heavy (non-hydrogen) atoms. The molecule has 0 rings (SSSR count). The van der Waals surface area contributed by atoms with E-state index in [2.05, 4.69) is 27.6 Å². The van der Waals surface area contributed by atoms with Gasteiger partial charge < -0.3 is 5.73 Å². The second-order valence-electron chi connectivity index (χ2n) is 1.15. The Bertz CT molecular complexity index is 53.7. The van der Waals surface area contributed by atoms with E-state index in [1.165, 1.54) is 0 Å². The number of hydrogen-bond donors (Lipinski definition) is 1. The van der Waals surface area contributed by atoms with Gasteiger partial charge in [0.25, 0.3) is 0 Å². The van der Waals surface area contributed by atoms with Gasteiger partial charge in [0.2, 0.25) is 0 Å². The van der Waals surface area contributed by atoms with Crippen LogP contribution in [0.2, 0.25) is 0 Å². The van der Waals surface area contributed by atoms with Crippen molar-refractivity contribution in [1.82, 2.24) is 0 Å². The molecule has 0 spiro atoms. The minimum absolute atomic E-state index is 0.744. The highest BCUT2D eigenvalue weighted by atomic mass is 127. The summed E-state index contributed by atoms with van der Waals surface area (Å²) in [4.78, 5) is 3.94. The van der Waals surface area contributed by atoms with Crippen LogP contribution in [0.3, 0.4) is 0 Å². The van der Waals surface area contributed by atoms with Crippen molar-refractivity contribution < 1.29 is 0 Å². The highest BCUT2D eigenvalue weighted by Gasteiger charge is 1.73. The molecule has 0 aliphatic rings. The lowest BCUT2D eigenvalue weighted by Gasteiger charge is -1.84. The van der Waals surface area contributed by atoms with Gasteiger partial charge in [-0.2, -0.15) is 0 Å². The summed E-state index contributed by atoms with van der Waals surface area (Å²) in [6, 6.07) is 0. The van der Waals surface area contributed by atoms with E-state index >= 15 is 0 Å². The molecule has 2 N–H and O–H groups in total. The molecule has 42 valence electrons. The predicted octanol–water partition coefficient (Wildman–Crippen LogP) is 0.799. The van der Waals surface area contributed by atoms with Crippen molar-refractivity contribution in [3.63, 3.8) is 0 Å². The van der Waals surface area contributed by atoms with Gasteiger partial charge in [-0.15, -0.1) is 0 Å². The van der Waals surface area contributed by atoms with Gasteiger partial charge in [-0.1, -0.05) is 0 Å². The largest absolute Gasteiger partial charge is 0.330 e. The molecule has 0 heterocycles. The summed E-state index contributed by atoms with van der Waals surface area (Å²) in [6.45, 7) is 1.62. The Morgan fingerprint density at radius 3 is 2.86 bits per heavy atom. The van der Waals surface area contributed by atoms with E-state index in [1.807, 2.05) is 0 Å². The summed E-state index contributed by atoms with van der Waals surface area (Å²) < 4.78 is 1.77. The summed E-state index contributed by atoms with van der Waals surface area (Å²) in [5.74, 6) is 0. The maximum Gasteiger partial charge on any atom is 0.0595 e. The van der Waals surface area contributed by atoms with E-state index in [-0.39, 0.29) is 0 Å². The quantitative estimate of drug-likeness (QED) is 0.419. The van der Waals surface area contributed by atoms with Gasteiger partial charge in [0.15, 0.2) is 0 Å². The summed E-state index contributed by atoms with van der Waals surface area (Å²) >= 11 is 2.09. The SMILES string of the molecule is NCCC/N=C\I. The third-order valence-electron chi connectivity index (χ3n) is 0.560. The standard InChI is InChI=1S/C4H9IN2/c5-4-7-3-1-2-6/h4H,1-3,6H2/b7-4-. The first-order valence-corrected chi connectivity index (χ1v) is 3.45. The third kappa shape index (κ3) is 6.36. The zero-order valence-electron chi connectivity index (χ0n) is 4.10. The maximum atomic E-state index is 5.19. The Morgan fingerprint density at radius 2 is 2.43 bits per heavy atom. The topological polar surface area (TPSA) is 38.4 Å². The third-order valence-corrected chi connectivity index (χ3v) is 0.954. The molecule has 0 fully saturated rings. The molecule has 0 saturated carbocycles. The van der Waals surface area contributed by atoms with Gasteiger partial charge in [-0.25, -0.2) is 0 Å². The number of aliphatic imine (C=N–C) groups is 1. The average Bonchev–Trinajstić information content (AvgIpc) is 1.69. The molecule has 0 aliphatic heterocycles. The number of rotatable bonds is 3. The van der Waals surface area contributed by atoms with Gasteiger partial charge in [0.1, 0.15) is 0 Å². The molecular weight excluding hydrogens is 203 g/mol. The van der Waals surface area contributed by atoms with Crippen molar-refractivity contribution in [3.8, 4) is 0 Å². The summed E-state index contributed by atoms with van der Waals surface area (Å²) in [7, 11) is 0. The molecule has 0 atom stereocenters. The monoisotopic (exact) mass is 212 g/mol. The smallest absolute Gasteiger partial charge is 0.0595 e. The van der Waals surface area contributed by atoms with E-state index in [0.29, 0.717) is 0 Å². The van der Waals surface area contributed by atoms with E-state index in [9.17, 15) is 0 Å². The molecule has 3 heteroatoms. The van der Waals surface area contributed by atoms with Crippen LogP contribution in [-0.4, -0.2) is 17.3 Å². The Morgan fingerprint density at radius 1 is 1.71 bits per heavy atom. The number of halogens is 1. The van der Waals surface area contributed by atoms with Crippen LogP contribution in [0.1, 0.15) is 6.42 Å². The average molecular weight is 212 g/mol. The van der Waals surface area contributed by atoms with Crippen molar-refractivity contribution in [2.75, 3.05) is 13.1 Å². The zero-order valence-corrected chi connectivity index (χ0v) is 6.26. The Labute approximate surface area is 57.3 Å². The van der Waals surface area contributed by atoms with Gasteiger partial charge in [-0.3, -0.25) is 4.99 Å². The van der Waals surface area contributed by atoms with Crippen molar-refractivity contribution in [1.29, 1.82) is 0 Å². The van der Waals surface area contributed by atoms with Crippen molar-refractivity contribution in [2.45, 2.75) is 6.42 Å². The number of hydrogen-bond acceptors (Lipinski definition) is 2. The first kappa shape index (κ1) is 7.36. The highest BCUT2D eigenvalue weighted by molar-refractivity contribution is 14.1. The summed E-state index contributed by atoms with van der Waals surface area (Å²) in [5.41, 5.74) is 5.19. The van der Waals surface area contributed by atoms with Crippen LogP contribution in [0.5, 0.6) is 0 Å². The maximum absolute atomic E-state index is 5.19. The molecule has 0 bridgehead atoms. The van der Waals surface area contributed by atoms with Crippen LogP contribution in [0.4, 0.5) is 0 Å². The van der Waals surface area contributed by atoms with Crippen LogP contribution in [0.25, 0.3) is 0 Å². The fourth-order valence-corrected chi connectivity index (χ4v) is 0.510. The van der Waals surface area contributed by atoms with Crippen LogP contribution in [-0.2, 0) is 0 Å². The minimum Gasteiger partial charge on any atom is -0.330 e. The lowest BCUT2D eigenvalue weighted by atomic mass is 10.4. The van der Waals surface area contributed by atoms with E-state index in [0.717, 1.165) is 19.5 Å². The fourth-order valence-electron chi connectivity index (χ4n) is 0.231. The molecule has 0 aromatic carbocycles. The first-order valence-electron chi connectivity index (χ1n) is 2.20. The molecule has 0 aromatic rings. The van der Waals surface area contributed by atoms with Crippen LogP contribution in [0.15, 0.2) is 4.99 Å². The second kappa shape index (κ2) is 6.36. The molecule has 0 saturated heterocycles. The zero-order chi connectivity index (χ0) is 5.54. The van der Waals surface area contributed by atoms with Gasteiger partial charge in [0.05, 0.1) is 4.22 Å². The minimum atomic E-state index is 0.744. The van der Waals surface area contributed by atoms with Crippen molar-refractivity contribution in [3.05, 3.63) is 0 Å². The molecule has 2 nitrogen and oxygen atoms in total. The lowest BCUT2D eigenvalue weighted by Crippen LogP contribution is -1.99.